The van der Waals surface area contributed by atoms with E-state index in [2.05, 4.69) is 5.16 Å². The second-order valence-electron chi connectivity index (χ2n) is 3.86. The number of carbonyl (C=O) groups is 1. The first-order chi connectivity index (χ1) is 6.65. The summed E-state index contributed by atoms with van der Waals surface area (Å²) < 4.78 is 0. The molecule has 0 saturated heterocycles. The molecule has 2 aliphatic rings. The van der Waals surface area contributed by atoms with E-state index in [-0.39, 0.29) is 18.1 Å². The van der Waals surface area contributed by atoms with Gasteiger partial charge in [0.25, 0.3) is 0 Å². The first-order valence-electron chi connectivity index (χ1n) is 4.86. The van der Waals surface area contributed by atoms with Crippen molar-refractivity contribution in [3.05, 3.63) is 0 Å². The van der Waals surface area contributed by atoms with E-state index in [1.165, 1.54) is 0 Å². The molecule has 1 fully saturated rings. The van der Waals surface area contributed by atoms with Gasteiger partial charge < -0.3 is 15.7 Å². The van der Waals surface area contributed by atoms with E-state index >= 15 is 0 Å². The standard InChI is InChI=1S/C9H14N2O3/c1-2-5-7-6(14-11-5)3-4(8(7)10)9(12)13/h4,6-8H,2-3,10H2,1H3,(H,12,13)/t4-,6-,7-,8-/m1/s1. The van der Waals surface area contributed by atoms with Gasteiger partial charge in [-0.3, -0.25) is 4.79 Å². The first-order valence-corrected chi connectivity index (χ1v) is 4.86. The highest BCUT2D eigenvalue weighted by molar-refractivity contribution is 5.90. The number of oxime groups is 1. The highest BCUT2D eigenvalue weighted by atomic mass is 16.6. The minimum Gasteiger partial charge on any atom is -0.481 e. The number of aliphatic carboxylic acids is 1. The molecular formula is C9H14N2O3. The third kappa shape index (κ3) is 1.19. The van der Waals surface area contributed by atoms with Crippen LogP contribution in [-0.2, 0) is 9.63 Å². The van der Waals surface area contributed by atoms with Crippen LogP contribution in [0, 0.1) is 11.8 Å². The number of rotatable bonds is 2. The van der Waals surface area contributed by atoms with Crippen LogP contribution in [0.3, 0.4) is 0 Å². The van der Waals surface area contributed by atoms with Crippen molar-refractivity contribution in [2.75, 3.05) is 0 Å². The van der Waals surface area contributed by atoms with Crippen molar-refractivity contribution >= 4 is 11.7 Å². The Balaban J connectivity index is 2.17. The molecule has 0 aromatic rings. The second kappa shape index (κ2) is 3.24. The van der Waals surface area contributed by atoms with Crippen LogP contribution in [0.4, 0.5) is 0 Å². The van der Waals surface area contributed by atoms with Gasteiger partial charge in [-0.05, 0) is 6.42 Å². The summed E-state index contributed by atoms with van der Waals surface area (Å²) in [5.74, 6) is -1.30. The predicted octanol–water partition coefficient (Wildman–Crippen LogP) is 0.199. The van der Waals surface area contributed by atoms with Gasteiger partial charge >= 0.3 is 5.97 Å². The Labute approximate surface area is 81.9 Å². The fourth-order valence-electron chi connectivity index (χ4n) is 2.36. The molecular weight excluding hydrogens is 184 g/mol. The number of hydrogen-bond donors (Lipinski definition) is 2. The van der Waals surface area contributed by atoms with E-state index in [1.807, 2.05) is 6.92 Å². The fourth-order valence-corrected chi connectivity index (χ4v) is 2.36. The maximum atomic E-state index is 10.9. The fraction of sp³-hybridized carbons (Fsp3) is 0.778. The third-order valence-corrected chi connectivity index (χ3v) is 3.14. The Morgan fingerprint density at radius 1 is 1.79 bits per heavy atom. The zero-order valence-electron chi connectivity index (χ0n) is 8.01. The third-order valence-electron chi connectivity index (χ3n) is 3.14. The van der Waals surface area contributed by atoms with Crippen molar-refractivity contribution in [1.29, 1.82) is 0 Å². The Hall–Kier alpha value is -1.10. The van der Waals surface area contributed by atoms with Gasteiger partial charge in [0.05, 0.1) is 17.5 Å². The maximum Gasteiger partial charge on any atom is 0.308 e. The van der Waals surface area contributed by atoms with Gasteiger partial charge in [-0.15, -0.1) is 0 Å². The summed E-state index contributed by atoms with van der Waals surface area (Å²) in [6.45, 7) is 1.98. The largest absolute Gasteiger partial charge is 0.481 e. The highest BCUT2D eigenvalue weighted by Crippen LogP contribution is 2.38. The Morgan fingerprint density at radius 2 is 2.50 bits per heavy atom. The number of nitrogens with two attached hydrogens (primary N) is 1. The molecule has 0 spiro atoms. The van der Waals surface area contributed by atoms with E-state index in [0.29, 0.717) is 6.42 Å². The molecule has 1 heterocycles. The molecule has 1 aliphatic heterocycles. The summed E-state index contributed by atoms with van der Waals surface area (Å²) in [4.78, 5) is 16.0. The van der Waals surface area contributed by atoms with E-state index in [1.54, 1.807) is 0 Å². The molecule has 3 N–H and O–H groups in total. The van der Waals surface area contributed by atoms with Crippen LogP contribution >= 0.6 is 0 Å². The van der Waals surface area contributed by atoms with Crippen molar-refractivity contribution in [2.45, 2.75) is 31.9 Å². The summed E-state index contributed by atoms with van der Waals surface area (Å²) in [6.07, 6.45) is 1.15. The summed E-state index contributed by atoms with van der Waals surface area (Å²) in [7, 11) is 0. The number of hydrogen-bond acceptors (Lipinski definition) is 4. The number of carboxylic acids is 1. The zero-order chi connectivity index (χ0) is 10.3. The molecule has 1 saturated carbocycles. The lowest BCUT2D eigenvalue weighted by atomic mass is 9.93. The monoisotopic (exact) mass is 198 g/mol. The molecule has 5 heteroatoms. The quantitative estimate of drug-likeness (QED) is 0.663. The van der Waals surface area contributed by atoms with Gasteiger partial charge in [0.2, 0.25) is 0 Å². The van der Waals surface area contributed by atoms with Crippen molar-refractivity contribution in [2.24, 2.45) is 22.7 Å². The van der Waals surface area contributed by atoms with Crippen molar-refractivity contribution in [3.63, 3.8) is 0 Å². The Bertz CT molecular complexity index is 290. The lowest BCUT2D eigenvalue weighted by molar-refractivity contribution is -0.142. The van der Waals surface area contributed by atoms with Crippen LogP contribution in [0.15, 0.2) is 5.16 Å². The summed E-state index contributed by atoms with van der Waals surface area (Å²) >= 11 is 0. The predicted molar refractivity (Wildman–Crippen MR) is 49.8 cm³/mol. The molecule has 78 valence electrons. The molecule has 0 radical (unpaired) electrons. The van der Waals surface area contributed by atoms with Crippen molar-refractivity contribution < 1.29 is 14.7 Å². The number of fused-ring (bicyclic) bond motifs is 1. The van der Waals surface area contributed by atoms with Gasteiger partial charge in [0.1, 0.15) is 6.10 Å². The van der Waals surface area contributed by atoms with Gasteiger partial charge in [0.15, 0.2) is 0 Å². The van der Waals surface area contributed by atoms with Gasteiger partial charge in [0, 0.05) is 12.5 Å². The average molecular weight is 198 g/mol. The summed E-state index contributed by atoms with van der Waals surface area (Å²) in [5.41, 5.74) is 6.80. The highest BCUT2D eigenvalue weighted by Gasteiger charge is 2.50. The van der Waals surface area contributed by atoms with Crippen LogP contribution in [0.5, 0.6) is 0 Å². The normalized spacial score (nSPS) is 40.3. The van der Waals surface area contributed by atoms with E-state index in [4.69, 9.17) is 15.7 Å². The smallest absolute Gasteiger partial charge is 0.308 e. The molecule has 0 amide bonds. The van der Waals surface area contributed by atoms with Crippen LogP contribution in [0.2, 0.25) is 0 Å². The maximum absolute atomic E-state index is 10.9. The Kier molecular flexibility index (Phi) is 2.19. The molecule has 0 bridgehead atoms. The van der Waals surface area contributed by atoms with E-state index in [9.17, 15) is 4.79 Å². The molecule has 0 aromatic heterocycles. The van der Waals surface area contributed by atoms with Crippen LogP contribution in [-0.4, -0.2) is 28.9 Å². The molecule has 4 atom stereocenters. The molecule has 0 unspecified atom stereocenters. The second-order valence-corrected chi connectivity index (χ2v) is 3.86. The zero-order valence-corrected chi connectivity index (χ0v) is 8.01. The lowest BCUT2D eigenvalue weighted by Gasteiger charge is -2.15. The van der Waals surface area contributed by atoms with E-state index < -0.39 is 11.9 Å². The molecule has 14 heavy (non-hydrogen) atoms. The number of nitrogens with zero attached hydrogens (tertiary/aromatic N) is 1. The van der Waals surface area contributed by atoms with Gasteiger partial charge in [-0.2, -0.15) is 0 Å². The molecule has 1 aliphatic carbocycles. The number of carboxylic acid groups (broad SMARTS) is 1. The van der Waals surface area contributed by atoms with Crippen LogP contribution in [0.25, 0.3) is 0 Å². The van der Waals surface area contributed by atoms with Crippen molar-refractivity contribution in [1.82, 2.24) is 0 Å². The topological polar surface area (TPSA) is 84.9 Å². The summed E-state index contributed by atoms with van der Waals surface area (Å²) in [6, 6.07) is -0.348. The van der Waals surface area contributed by atoms with Crippen LogP contribution in [0.1, 0.15) is 19.8 Å². The first kappa shape index (κ1) is 9.45. The minimum absolute atomic E-state index is 0.0149. The van der Waals surface area contributed by atoms with E-state index in [0.717, 1.165) is 12.1 Å². The minimum atomic E-state index is -0.828. The van der Waals surface area contributed by atoms with Crippen LogP contribution < -0.4 is 5.73 Å². The van der Waals surface area contributed by atoms with Gasteiger partial charge in [-0.25, -0.2) is 0 Å². The Morgan fingerprint density at radius 3 is 3.07 bits per heavy atom. The SMILES string of the molecule is CCC1=NO[C@@H]2C[C@@H](C(=O)O)[C@@H](N)[C@H]12. The lowest BCUT2D eigenvalue weighted by Crippen LogP contribution is -2.39. The molecule has 2 rings (SSSR count). The average Bonchev–Trinajstić information content (AvgIpc) is 2.66. The van der Waals surface area contributed by atoms with Gasteiger partial charge in [-0.1, -0.05) is 12.1 Å². The summed E-state index contributed by atoms with van der Waals surface area (Å²) in [5, 5.41) is 12.8. The molecule has 5 nitrogen and oxygen atoms in total. The van der Waals surface area contributed by atoms with Crippen molar-refractivity contribution in [3.8, 4) is 0 Å². The molecule has 0 aromatic carbocycles.